The van der Waals surface area contributed by atoms with Gasteiger partial charge in [-0.3, -0.25) is 0 Å². The summed E-state index contributed by atoms with van der Waals surface area (Å²) in [5.41, 5.74) is 16.7. The minimum atomic E-state index is -0.466. The Bertz CT molecular complexity index is 2590. The fourth-order valence-electron chi connectivity index (χ4n) is 9.68. The summed E-state index contributed by atoms with van der Waals surface area (Å²) in [5, 5.41) is 0. The molecule has 1 spiro atoms. The number of rotatable bonds is 3. The zero-order valence-electron chi connectivity index (χ0n) is 27.9. The van der Waals surface area contributed by atoms with Crippen LogP contribution < -0.4 is 4.74 Å². The Morgan fingerprint density at radius 1 is 0.275 bits per heavy atom. The molecule has 0 saturated heterocycles. The molecule has 1 heterocycles. The van der Waals surface area contributed by atoms with Crippen molar-refractivity contribution in [1.82, 2.24) is 0 Å². The van der Waals surface area contributed by atoms with Gasteiger partial charge in [0.15, 0.2) is 0 Å². The lowest BCUT2D eigenvalue weighted by Crippen LogP contribution is -2.32. The molecule has 51 heavy (non-hydrogen) atoms. The molecule has 0 radical (unpaired) electrons. The van der Waals surface area contributed by atoms with E-state index < -0.39 is 10.8 Å². The van der Waals surface area contributed by atoms with Gasteiger partial charge in [-0.05, 0) is 85.0 Å². The Morgan fingerprint density at radius 3 is 1.33 bits per heavy atom. The Morgan fingerprint density at radius 2 is 0.725 bits per heavy atom. The second-order valence-electron chi connectivity index (χ2n) is 13.9. The van der Waals surface area contributed by atoms with E-state index in [1.165, 1.54) is 66.8 Å². The first kappa shape index (κ1) is 28.4. The zero-order chi connectivity index (χ0) is 33.6. The highest BCUT2D eigenvalue weighted by Gasteiger charge is 2.51. The van der Waals surface area contributed by atoms with Crippen molar-refractivity contribution >= 4 is 0 Å². The number of ether oxygens (including phenoxy) is 1. The van der Waals surface area contributed by atoms with Crippen LogP contribution in [0.5, 0.6) is 11.5 Å². The van der Waals surface area contributed by atoms with Crippen molar-refractivity contribution in [2.24, 2.45) is 0 Å². The van der Waals surface area contributed by atoms with Crippen molar-refractivity contribution in [1.29, 1.82) is 0 Å². The van der Waals surface area contributed by atoms with Crippen molar-refractivity contribution in [3.05, 3.63) is 239 Å². The predicted octanol–water partition coefficient (Wildman–Crippen LogP) is 12.2. The highest BCUT2D eigenvalue weighted by molar-refractivity contribution is 5.90. The van der Waals surface area contributed by atoms with Gasteiger partial charge in [-0.2, -0.15) is 0 Å². The molecule has 8 aromatic rings. The van der Waals surface area contributed by atoms with Crippen LogP contribution in [0.25, 0.3) is 33.4 Å². The first-order valence-corrected chi connectivity index (χ1v) is 17.8. The minimum Gasteiger partial charge on any atom is -0.457 e. The van der Waals surface area contributed by atoms with E-state index in [-0.39, 0.29) is 0 Å². The van der Waals surface area contributed by atoms with E-state index in [4.69, 9.17) is 4.74 Å². The monoisotopic (exact) mass is 648 g/mol. The summed E-state index contributed by atoms with van der Waals surface area (Å²) in [6, 6.07) is 71.3. The standard InChI is InChI=1S/C50H32O/c1-2-16-35(17-3-1)49(41-23-8-4-19-37(41)38-20-5-9-24-42(38)49)36-18-14-15-33(31-36)34-29-30-46-48(32-34)51-47-28-13-12-27-45(47)50(46)43-25-10-6-21-39(43)40-22-7-11-26-44(40)50/h1-32H. The third-order valence-corrected chi connectivity index (χ3v) is 11.6. The average Bonchev–Trinajstić information content (AvgIpc) is 3.67. The van der Waals surface area contributed by atoms with Crippen molar-refractivity contribution in [2.75, 3.05) is 0 Å². The third kappa shape index (κ3) is 3.65. The molecule has 0 amide bonds. The molecule has 1 nitrogen and oxygen atoms in total. The maximum absolute atomic E-state index is 6.87. The summed E-state index contributed by atoms with van der Waals surface area (Å²) in [5.74, 6) is 1.81. The molecule has 2 aliphatic carbocycles. The summed E-state index contributed by atoms with van der Waals surface area (Å²) < 4.78 is 6.87. The molecule has 0 atom stereocenters. The minimum absolute atomic E-state index is 0.449. The molecule has 1 aliphatic heterocycles. The molecule has 0 aromatic heterocycles. The van der Waals surface area contributed by atoms with Crippen LogP contribution in [-0.4, -0.2) is 0 Å². The third-order valence-electron chi connectivity index (χ3n) is 11.6. The molecule has 0 bridgehead atoms. The quantitative estimate of drug-likeness (QED) is 0.185. The molecule has 0 fully saturated rings. The van der Waals surface area contributed by atoms with Gasteiger partial charge in [0.1, 0.15) is 11.5 Å². The number of para-hydroxylation sites is 1. The lowest BCUT2D eigenvalue weighted by atomic mass is 9.66. The summed E-state index contributed by atoms with van der Waals surface area (Å²) in [6.07, 6.45) is 0. The summed E-state index contributed by atoms with van der Waals surface area (Å²) in [4.78, 5) is 0. The van der Waals surface area contributed by atoms with Crippen LogP contribution in [0.2, 0.25) is 0 Å². The second-order valence-corrected chi connectivity index (χ2v) is 13.9. The highest BCUT2D eigenvalue weighted by Crippen LogP contribution is 2.62. The van der Waals surface area contributed by atoms with Crippen molar-refractivity contribution in [3.63, 3.8) is 0 Å². The van der Waals surface area contributed by atoms with Gasteiger partial charge in [-0.25, -0.2) is 0 Å². The van der Waals surface area contributed by atoms with Crippen molar-refractivity contribution < 1.29 is 4.74 Å². The molecule has 0 unspecified atom stereocenters. The molecule has 11 rings (SSSR count). The smallest absolute Gasteiger partial charge is 0.132 e. The van der Waals surface area contributed by atoms with E-state index in [1.807, 2.05) is 0 Å². The van der Waals surface area contributed by atoms with Crippen LogP contribution in [0.1, 0.15) is 44.5 Å². The van der Waals surface area contributed by atoms with Crippen LogP contribution >= 0.6 is 0 Å². The van der Waals surface area contributed by atoms with E-state index in [2.05, 4.69) is 194 Å². The Hall–Kier alpha value is -6.44. The van der Waals surface area contributed by atoms with Crippen molar-refractivity contribution in [3.8, 4) is 44.9 Å². The first-order chi connectivity index (χ1) is 25.3. The van der Waals surface area contributed by atoms with Crippen LogP contribution in [0.4, 0.5) is 0 Å². The maximum Gasteiger partial charge on any atom is 0.132 e. The van der Waals surface area contributed by atoms with Crippen LogP contribution in [0.15, 0.2) is 194 Å². The van der Waals surface area contributed by atoms with E-state index in [0.29, 0.717) is 0 Å². The molecule has 0 saturated carbocycles. The van der Waals surface area contributed by atoms with Gasteiger partial charge in [-0.1, -0.05) is 176 Å². The Labute approximate surface area is 298 Å². The van der Waals surface area contributed by atoms with E-state index in [1.54, 1.807) is 0 Å². The van der Waals surface area contributed by atoms with Crippen LogP contribution in [0, 0.1) is 0 Å². The van der Waals surface area contributed by atoms with Crippen LogP contribution in [0.3, 0.4) is 0 Å². The van der Waals surface area contributed by atoms with Gasteiger partial charge in [0.05, 0.1) is 10.8 Å². The van der Waals surface area contributed by atoms with E-state index >= 15 is 0 Å². The average molecular weight is 649 g/mol. The van der Waals surface area contributed by atoms with Gasteiger partial charge in [0.2, 0.25) is 0 Å². The number of benzene rings is 8. The number of fused-ring (bicyclic) bond motifs is 12. The maximum atomic E-state index is 6.87. The number of hydrogen-bond acceptors (Lipinski definition) is 1. The molecule has 1 heteroatoms. The van der Waals surface area contributed by atoms with Gasteiger partial charge < -0.3 is 4.74 Å². The summed E-state index contributed by atoms with van der Waals surface area (Å²) in [7, 11) is 0. The normalized spacial score (nSPS) is 14.7. The van der Waals surface area contributed by atoms with E-state index in [0.717, 1.165) is 22.6 Å². The SMILES string of the molecule is c1ccc(C2(c3cccc(-c4ccc5c(c4)Oc4ccccc4C54c5ccccc5-c5ccccc54)c3)c3ccccc3-c3ccccc32)cc1. The molecule has 238 valence electrons. The number of hydrogen-bond donors (Lipinski definition) is 0. The topological polar surface area (TPSA) is 9.23 Å². The largest absolute Gasteiger partial charge is 0.457 e. The fourth-order valence-corrected chi connectivity index (χ4v) is 9.68. The molecule has 8 aromatic carbocycles. The molecule has 3 aliphatic rings. The Kier molecular flexibility index (Phi) is 5.86. The Balaban J connectivity index is 1.13. The molecular formula is C50H32O. The lowest BCUT2D eigenvalue weighted by molar-refractivity contribution is 0.436. The first-order valence-electron chi connectivity index (χ1n) is 17.8. The summed E-state index contributed by atoms with van der Waals surface area (Å²) in [6.45, 7) is 0. The fraction of sp³-hybridized carbons (Fsp3) is 0.0400. The van der Waals surface area contributed by atoms with Gasteiger partial charge in [0, 0.05) is 11.1 Å². The predicted molar refractivity (Wildman–Crippen MR) is 207 cm³/mol. The molecule has 0 N–H and O–H groups in total. The van der Waals surface area contributed by atoms with Crippen LogP contribution in [-0.2, 0) is 10.8 Å². The van der Waals surface area contributed by atoms with Gasteiger partial charge in [-0.15, -0.1) is 0 Å². The van der Waals surface area contributed by atoms with Gasteiger partial charge in [0.25, 0.3) is 0 Å². The molecular weight excluding hydrogens is 617 g/mol. The summed E-state index contributed by atoms with van der Waals surface area (Å²) >= 11 is 0. The lowest BCUT2D eigenvalue weighted by Gasteiger charge is -2.39. The van der Waals surface area contributed by atoms with Gasteiger partial charge >= 0.3 is 0 Å². The van der Waals surface area contributed by atoms with E-state index in [9.17, 15) is 0 Å². The zero-order valence-corrected chi connectivity index (χ0v) is 27.9. The highest BCUT2D eigenvalue weighted by atomic mass is 16.5. The van der Waals surface area contributed by atoms with Crippen molar-refractivity contribution in [2.45, 2.75) is 10.8 Å². The second kappa shape index (κ2) is 10.5.